The van der Waals surface area contributed by atoms with Gasteiger partial charge in [0.05, 0.1) is 16.1 Å². The number of nitrogens with zero attached hydrogens (tertiary/aromatic N) is 5. The second-order valence-electron chi connectivity index (χ2n) is 8.81. The summed E-state index contributed by atoms with van der Waals surface area (Å²) in [5.74, 6) is 1.77. The van der Waals surface area contributed by atoms with Crippen LogP contribution in [0.25, 0.3) is 0 Å². The predicted octanol–water partition coefficient (Wildman–Crippen LogP) is 3.37. The largest absolute Gasteiger partial charge is 0.340 e. The number of likely N-dealkylation sites (tertiary alicyclic amines) is 2. The molecule has 0 N–H and O–H groups in total. The van der Waals surface area contributed by atoms with Crippen molar-refractivity contribution in [1.29, 1.82) is 0 Å². The number of aryl methyl sites for hydroxylation is 3. The summed E-state index contributed by atoms with van der Waals surface area (Å²) >= 11 is 1.48. The smallest absolute Gasteiger partial charge is 0.265 e. The minimum Gasteiger partial charge on any atom is -0.340 e. The van der Waals surface area contributed by atoms with E-state index in [2.05, 4.69) is 44.3 Å². The SMILES string of the molecule is Cc1nc([C@@]23CN(Cc4ccccc4)C[C@@H]2CCN(C(=O)c2sc(C)nc2C)C3)no1. The molecule has 7 nitrogen and oxygen atoms in total. The number of carbonyl (C=O) groups is 1. The second-order valence-corrected chi connectivity index (χ2v) is 10.0. The van der Waals surface area contributed by atoms with Gasteiger partial charge < -0.3 is 9.42 Å². The lowest BCUT2D eigenvalue weighted by Gasteiger charge is -2.42. The van der Waals surface area contributed by atoms with Gasteiger partial charge in [0.1, 0.15) is 4.88 Å². The van der Waals surface area contributed by atoms with Crippen molar-refractivity contribution < 1.29 is 9.32 Å². The van der Waals surface area contributed by atoms with Gasteiger partial charge in [-0.15, -0.1) is 11.3 Å². The molecule has 8 heteroatoms. The van der Waals surface area contributed by atoms with Gasteiger partial charge in [0.15, 0.2) is 5.82 Å². The highest BCUT2D eigenvalue weighted by Gasteiger charge is 2.54. The molecule has 5 rings (SSSR count). The Kier molecular flexibility index (Phi) is 5.14. The summed E-state index contributed by atoms with van der Waals surface area (Å²) in [6.07, 6.45) is 0.932. The highest BCUT2D eigenvalue weighted by Crippen LogP contribution is 2.44. The summed E-state index contributed by atoms with van der Waals surface area (Å²) in [6, 6.07) is 10.5. The predicted molar refractivity (Wildman–Crippen MR) is 118 cm³/mol. The number of thiazole rings is 1. The summed E-state index contributed by atoms with van der Waals surface area (Å²) in [5.41, 5.74) is 1.80. The molecule has 0 radical (unpaired) electrons. The number of hydrogen-bond donors (Lipinski definition) is 0. The van der Waals surface area contributed by atoms with Crippen molar-refractivity contribution in [2.45, 2.75) is 39.2 Å². The number of rotatable bonds is 4. The first kappa shape index (κ1) is 20.3. The lowest BCUT2D eigenvalue weighted by Crippen LogP contribution is -2.54. The Morgan fingerprint density at radius 1 is 1.19 bits per heavy atom. The van der Waals surface area contributed by atoms with Crippen LogP contribution in [-0.4, -0.2) is 57.0 Å². The van der Waals surface area contributed by atoms with Gasteiger partial charge in [-0.05, 0) is 31.7 Å². The van der Waals surface area contributed by atoms with Crippen LogP contribution in [0.4, 0.5) is 0 Å². The summed E-state index contributed by atoms with van der Waals surface area (Å²) in [6.45, 7) is 9.72. The van der Waals surface area contributed by atoms with Gasteiger partial charge in [0, 0.05) is 39.6 Å². The van der Waals surface area contributed by atoms with E-state index in [0.29, 0.717) is 18.4 Å². The first-order chi connectivity index (χ1) is 14.9. The standard InChI is InChI=1S/C23H27N5O2S/c1-15-20(31-17(3)24-15)21(29)28-10-9-19-12-27(11-18-7-5-4-6-8-18)13-23(19,14-28)22-25-16(2)30-26-22/h4-8,19H,9-14H2,1-3H3/t19-,23+/m0/s1. The fourth-order valence-corrected chi connectivity index (χ4v) is 6.08. The normalized spacial score (nSPS) is 23.8. The van der Waals surface area contributed by atoms with Crippen LogP contribution >= 0.6 is 11.3 Å². The highest BCUT2D eigenvalue weighted by atomic mass is 32.1. The Balaban J connectivity index is 1.45. The van der Waals surface area contributed by atoms with Crippen molar-refractivity contribution >= 4 is 17.2 Å². The van der Waals surface area contributed by atoms with Gasteiger partial charge in [-0.25, -0.2) is 4.98 Å². The Morgan fingerprint density at radius 2 is 2.00 bits per heavy atom. The van der Waals surface area contributed by atoms with Crippen LogP contribution in [-0.2, 0) is 12.0 Å². The second kappa shape index (κ2) is 7.84. The Morgan fingerprint density at radius 3 is 2.68 bits per heavy atom. The molecule has 4 heterocycles. The minimum absolute atomic E-state index is 0.0719. The van der Waals surface area contributed by atoms with E-state index < -0.39 is 0 Å². The molecule has 2 atom stereocenters. The van der Waals surface area contributed by atoms with Crippen molar-refractivity contribution in [3.8, 4) is 0 Å². The van der Waals surface area contributed by atoms with Crippen LogP contribution in [0.3, 0.4) is 0 Å². The Labute approximate surface area is 186 Å². The van der Waals surface area contributed by atoms with Crippen LogP contribution in [0, 0.1) is 26.7 Å². The molecule has 0 aliphatic carbocycles. The maximum Gasteiger partial charge on any atom is 0.265 e. The molecule has 2 saturated heterocycles. The van der Waals surface area contributed by atoms with Crippen LogP contribution in [0.1, 0.15) is 44.1 Å². The van der Waals surface area contributed by atoms with Crippen LogP contribution in [0.5, 0.6) is 0 Å². The van der Waals surface area contributed by atoms with E-state index >= 15 is 0 Å². The first-order valence-corrected chi connectivity index (χ1v) is 11.6. The van der Waals surface area contributed by atoms with Crippen molar-refractivity contribution in [3.63, 3.8) is 0 Å². The molecule has 1 amide bonds. The maximum atomic E-state index is 13.4. The number of hydrogen-bond acceptors (Lipinski definition) is 7. The van der Waals surface area contributed by atoms with Gasteiger partial charge in [0.25, 0.3) is 5.91 Å². The lowest BCUT2D eigenvalue weighted by atomic mass is 9.72. The molecule has 0 unspecified atom stereocenters. The highest BCUT2D eigenvalue weighted by molar-refractivity contribution is 7.13. The van der Waals surface area contributed by atoms with Crippen molar-refractivity contribution in [1.82, 2.24) is 24.9 Å². The Hall–Kier alpha value is -2.58. The summed E-state index contributed by atoms with van der Waals surface area (Å²) in [5, 5.41) is 5.27. The van der Waals surface area contributed by atoms with Crippen LogP contribution < -0.4 is 0 Å². The maximum absolute atomic E-state index is 13.4. The number of carbonyl (C=O) groups excluding carboxylic acids is 1. The van der Waals surface area contributed by atoms with Crippen LogP contribution in [0.2, 0.25) is 0 Å². The van der Waals surface area contributed by atoms with E-state index in [1.54, 1.807) is 0 Å². The minimum atomic E-state index is -0.311. The number of fused-ring (bicyclic) bond motifs is 1. The third kappa shape index (κ3) is 3.68. The van der Waals surface area contributed by atoms with E-state index in [9.17, 15) is 4.79 Å². The zero-order valence-corrected chi connectivity index (χ0v) is 19.0. The van der Waals surface area contributed by atoms with Gasteiger partial charge in [-0.3, -0.25) is 9.69 Å². The van der Waals surface area contributed by atoms with Crippen molar-refractivity contribution in [2.75, 3.05) is 26.2 Å². The average Bonchev–Trinajstić information content (AvgIpc) is 3.44. The summed E-state index contributed by atoms with van der Waals surface area (Å²) < 4.78 is 5.39. The lowest BCUT2D eigenvalue weighted by molar-refractivity contribution is 0.0578. The quantitative estimate of drug-likeness (QED) is 0.623. The molecular formula is C23H27N5O2S. The molecule has 0 bridgehead atoms. The zero-order chi connectivity index (χ0) is 21.6. The molecule has 0 saturated carbocycles. The van der Waals surface area contributed by atoms with Gasteiger partial charge >= 0.3 is 0 Å². The fraction of sp³-hybridized carbons (Fsp3) is 0.478. The number of piperidine rings is 1. The van der Waals surface area contributed by atoms with Gasteiger partial charge in [-0.1, -0.05) is 35.5 Å². The molecule has 31 heavy (non-hydrogen) atoms. The van der Waals surface area contributed by atoms with E-state index in [4.69, 9.17) is 4.52 Å². The van der Waals surface area contributed by atoms with E-state index in [1.807, 2.05) is 31.7 Å². The summed E-state index contributed by atoms with van der Waals surface area (Å²) in [4.78, 5) is 27.7. The molecule has 3 aromatic rings. The Bertz CT molecular complexity index is 1090. The van der Waals surface area contributed by atoms with E-state index in [0.717, 1.165) is 54.0 Å². The number of benzene rings is 1. The monoisotopic (exact) mass is 437 g/mol. The zero-order valence-electron chi connectivity index (χ0n) is 18.2. The van der Waals surface area contributed by atoms with Crippen molar-refractivity contribution in [3.05, 3.63) is 63.2 Å². The molecule has 2 aliphatic rings. The first-order valence-electron chi connectivity index (χ1n) is 10.7. The van der Waals surface area contributed by atoms with Crippen molar-refractivity contribution in [2.24, 2.45) is 5.92 Å². The average molecular weight is 438 g/mol. The van der Waals surface area contributed by atoms with Crippen LogP contribution in [0.15, 0.2) is 34.9 Å². The third-order valence-corrected chi connectivity index (χ3v) is 7.65. The topological polar surface area (TPSA) is 75.4 Å². The number of amides is 1. The summed E-state index contributed by atoms with van der Waals surface area (Å²) in [7, 11) is 0. The van der Waals surface area contributed by atoms with Gasteiger partial charge in [-0.2, -0.15) is 4.98 Å². The molecule has 2 aromatic heterocycles. The van der Waals surface area contributed by atoms with E-state index in [1.165, 1.54) is 16.9 Å². The molecule has 2 aliphatic heterocycles. The third-order valence-electron chi connectivity index (χ3n) is 6.59. The molecule has 2 fully saturated rings. The molecule has 0 spiro atoms. The fourth-order valence-electron chi connectivity index (χ4n) is 5.19. The van der Waals surface area contributed by atoms with Gasteiger partial charge in [0.2, 0.25) is 5.89 Å². The van der Waals surface area contributed by atoms with E-state index in [-0.39, 0.29) is 11.3 Å². The number of aromatic nitrogens is 3. The molecular weight excluding hydrogens is 410 g/mol. The molecule has 1 aromatic carbocycles. The molecule has 162 valence electrons.